The van der Waals surface area contributed by atoms with Gasteiger partial charge in [0.25, 0.3) is 0 Å². The van der Waals surface area contributed by atoms with E-state index in [1.54, 1.807) is 6.20 Å². The van der Waals surface area contributed by atoms with Crippen LogP contribution in [-0.4, -0.2) is 80.6 Å². The van der Waals surface area contributed by atoms with Crippen LogP contribution in [0.5, 0.6) is 0 Å². The highest BCUT2D eigenvalue weighted by atomic mass is 16.4. The van der Waals surface area contributed by atoms with Crippen molar-refractivity contribution in [2.45, 2.75) is 51.5 Å². The van der Waals surface area contributed by atoms with Crippen molar-refractivity contribution in [3.8, 4) is 0 Å². The Morgan fingerprint density at radius 2 is 2.05 bits per heavy atom. The summed E-state index contributed by atoms with van der Waals surface area (Å²) < 4.78 is 0. The van der Waals surface area contributed by atoms with Gasteiger partial charge in [0.1, 0.15) is 29.7 Å². The number of carboxylic acids is 1. The molecule has 0 radical (unpaired) electrons. The third kappa shape index (κ3) is 7.63. The second-order valence-electron chi connectivity index (χ2n) is 9.41. The fourth-order valence-corrected chi connectivity index (χ4v) is 4.60. The zero-order valence-corrected chi connectivity index (χ0v) is 21.3. The van der Waals surface area contributed by atoms with Crippen molar-refractivity contribution < 1.29 is 14.7 Å². The lowest BCUT2D eigenvalue weighted by atomic mass is 10.1. The van der Waals surface area contributed by atoms with Crippen molar-refractivity contribution in [1.29, 1.82) is 0 Å². The summed E-state index contributed by atoms with van der Waals surface area (Å²) in [4.78, 5) is 41.7. The largest absolute Gasteiger partial charge is 0.480 e. The molecule has 1 atom stereocenters. The zero-order valence-electron chi connectivity index (χ0n) is 21.3. The van der Waals surface area contributed by atoms with Gasteiger partial charge in [-0.05, 0) is 62.8 Å². The van der Waals surface area contributed by atoms with Crippen molar-refractivity contribution in [2.75, 3.05) is 43.4 Å². The number of rotatable bonds is 14. The van der Waals surface area contributed by atoms with Crippen LogP contribution in [0.4, 0.5) is 11.6 Å². The lowest BCUT2D eigenvalue weighted by molar-refractivity contribution is -0.138. The number of unbranched alkanes of at least 4 members (excludes halogenated alkanes) is 1. The summed E-state index contributed by atoms with van der Waals surface area (Å²) in [6.45, 7) is 5.04. The Hall–Kier alpha value is -3.73. The number of carboxylic acid groups (broad SMARTS) is 1. The summed E-state index contributed by atoms with van der Waals surface area (Å²) in [5, 5.41) is 19.9. The van der Waals surface area contributed by atoms with E-state index >= 15 is 0 Å². The van der Waals surface area contributed by atoms with Crippen molar-refractivity contribution in [2.24, 2.45) is 0 Å². The van der Waals surface area contributed by atoms with E-state index in [1.165, 1.54) is 18.8 Å². The number of nitrogens with one attached hydrogen (secondary N) is 4. The normalized spacial score (nSPS) is 13.7. The van der Waals surface area contributed by atoms with Gasteiger partial charge in [0.05, 0.1) is 5.39 Å². The number of fused-ring (bicyclic) bond motifs is 2. The maximum absolute atomic E-state index is 12.0. The van der Waals surface area contributed by atoms with Crippen LogP contribution in [0.25, 0.3) is 11.0 Å². The fourth-order valence-electron chi connectivity index (χ4n) is 4.60. The SMILES string of the molecule is CC(=O)NCCN(CCCCc1ccc2c(n1)NCCC2)CC[C@H](Nc1ncnc2[nH]ccc12)C(=O)O. The molecular weight excluding hydrogens is 472 g/mol. The quantitative estimate of drug-likeness (QED) is 0.207. The molecule has 1 amide bonds. The smallest absolute Gasteiger partial charge is 0.326 e. The molecule has 0 saturated carbocycles. The number of nitrogens with zero attached hydrogens (tertiary/aromatic N) is 4. The molecule has 0 aliphatic carbocycles. The average molecular weight is 509 g/mol. The first-order valence-electron chi connectivity index (χ1n) is 13.0. The van der Waals surface area contributed by atoms with E-state index in [-0.39, 0.29) is 5.91 Å². The van der Waals surface area contributed by atoms with Crippen molar-refractivity contribution in [3.05, 3.63) is 42.0 Å². The van der Waals surface area contributed by atoms with Gasteiger partial charge in [-0.2, -0.15) is 0 Å². The van der Waals surface area contributed by atoms with Gasteiger partial charge in [-0.1, -0.05) is 6.07 Å². The maximum atomic E-state index is 12.0. The molecule has 11 heteroatoms. The van der Waals surface area contributed by atoms with E-state index in [0.29, 0.717) is 37.5 Å². The Morgan fingerprint density at radius 3 is 2.89 bits per heavy atom. The molecule has 4 heterocycles. The second kappa shape index (κ2) is 13.0. The molecule has 0 aromatic carbocycles. The number of anilines is 2. The van der Waals surface area contributed by atoms with Gasteiger partial charge in [0.2, 0.25) is 5.91 Å². The van der Waals surface area contributed by atoms with Crippen LogP contribution in [0.1, 0.15) is 43.9 Å². The number of pyridine rings is 1. The lowest BCUT2D eigenvalue weighted by Crippen LogP contribution is -2.39. The number of aryl methyl sites for hydroxylation is 2. The molecule has 4 rings (SSSR count). The van der Waals surface area contributed by atoms with E-state index in [2.05, 4.69) is 47.9 Å². The molecule has 0 saturated heterocycles. The molecule has 0 spiro atoms. The topological polar surface area (TPSA) is 148 Å². The first kappa shape index (κ1) is 26.3. The number of carbonyl (C=O) groups excluding carboxylic acids is 1. The summed E-state index contributed by atoms with van der Waals surface area (Å²) in [7, 11) is 0. The Bertz CT molecular complexity index is 1200. The third-order valence-corrected chi connectivity index (χ3v) is 6.61. The zero-order chi connectivity index (χ0) is 26.0. The number of H-pyrrole nitrogens is 1. The fraction of sp³-hybridized carbons (Fsp3) is 0.500. The molecule has 37 heavy (non-hydrogen) atoms. The van der Waals surface area contributed by atoms with E-state index in [4.69, 9.17) is 4.98 Å². The first-order valence-corrected chi connectivity index (χ1v) is 13.0. The first-order chi connectivity index (χ1) is 18.0. The second-order valence-corrected chi connectivity index (χ2v) is 9.41. The van der Waals surface area contributed by atoms with E-state index in [1.807, 2.05) is 6.07 Å². The molecule has 0 unspecified atom stereocenters. The Morgan fingerprint density at radius 1 is 1.16 bits per heavy atom. The molecular formula is C26H36N8O3. The summed E-state index contributed by atoms with van der Waals surface area (Å²) >= 11 is 0. The molecule has 3 aromatic heterocycles. The van der Waals surface area contributed by atoms with Gasteiger partial charge in [-0.15, -0.1) is 0 Å². The van der Waals surface area contributed by atoms with Gasteiger partial charge in [0, 0.05) is 45.0 Å². The van der Waals surface area contributed by atoms with Gasteiger partial charge in [-0.3, -0.25) is 4.79 Å². The van der Waals surface area contributed by atoms with Crippen molar-refractivity contribution in [3.63, 3.8) is 0 Å². The summed E-state index contributed by atoms with van der Waals surface area (Å²) in [5.74, 6) is 0.511. The Balaban J connectivity index is 1.30. The molecule has 5 N–H and O–H groups in total. The summed E-state index contributed by atoms with van der Waals surface area (Å²) in [6, 6.07) is 5.33. The predicted octanol–water partition coefficient (Wildman–Crippen LogP) is 2.43. The van der Waals surface area contributed by atoms with Crippen molar-refractivity contribution >= 4 is 34.5 Å². The summed E-state index contributed by atoms with van der Waals surface area (Å²) in [5.41, 5.74) is 3.04. The number of aromatic amines is 1. The highest BCUT2D eigenvalue weighted by Gasteiger charge is 2.20. The van der Waals surface area contributed by atoms with Crippen LogP contribution >= 0.6 is 0 Å². The van der Waals surface area contributed by atoms with Crippen LogP contribution in [0.2, 0.25) is 0 Å². The number of hydrogen-bond acceptors (Lipinski definition) is 8. The lowest BCUT2D eigenvalue weighted by Gasteiger charge is -2.25. The van der Waals surface area contributed by atoms with Crippen molar-refractivity contribution in [1.82, 2.24) is 30.2 Å². The minimum absolute atomic E-state index is 0.0728. The molecule has 198 valence electrons. The predicted molar refractivity (Wildman–Crippen MR) is 143 cm³/mol. The van der Waals surface area contributed by atoms with Gasteiger partial charge in [0.15, 0.2) is 0 Å². The monoisotopic (exact) mass is 508 g/mol. The van der Waals surface area contributed by atoms with Crippen LogP contribution in [0, 0.1) is 0 Å². The molecule has 3 aromatic rings. The van der Waals surface area contributed by atoms with E-state index < -0.39 is 12.0 Å². The van der Waals surface area contributed by atoms with Crippen LogP contribution < -0.4 is 16.0 Å². The number of amides is 1. The summed E-state index contributed by atoms with van der Waals surface area (Å²) in [6.07, 6.45) is 8.61. The average Bonchev–Trinajstić information content (AvgIpc) is 3.38. The van der Waals surface area contributed by atoms with Gasteiger partial charge >= 0.3 is 5.97 Å². The van der Waals surface area contributed by atoms with Crippen LogP contribution in [-0.2, 0) is 22.4 Å². The number of aliphatic carboxylic acids is 1. The van der Waals surface area contributed by atoms with Gasteiger partial charge in [-0.25, -0.2) is 19.7 Å². The molecule has 0 bridgehead atoms. The molecule has 11 nitrogen and oxygen atoms in total. The standard InChI is InChI=1S/C26H36N8O3/c1-18(35)27-13-16-34(14-3-2-6-20-8-7-19-5-4-11-28-23(19)32-20)15-10-22(26(36)37)33-25-21-9-12-29-24(21)30-17-31-25/h7-9,12,17,22H,2-6,10-11,13-16H2,1H3,(H,27,35)(H,28,32)(H,36,37)(H2,29,30,31,33)/t22-/m0/s1. The molecule has 1 aliphatic rings. The highest BCUT2D eigenvalue weighted by Crippen LogP contribution is 2.21. The number of hydrogen-bond donors (Lipinski definition) is 5. The maximum Gasteiger partial charge on any atom is 0.326 e. The Labute approximate surface area is 216 Å². The number of carbonyl (C=O) groups is 2. The highest BCUT2D eigenvalue weighted by molar-refractivity contribution is 5.89. The molecule has 0 fully saturated rings. The van der Waals surface area contributed by atoms with Gasteiger partial charge < -0.3 is 30.9 Å². The number of aromatic nitrogens is 4. The van der Waals surface area contributed by atoms with E-state index in [9.17, 15) is 14.7 Å². The minimum atomic E-state index is -0.934. The van der Waals surface area contributed by atoms with Crippen LogP contribution in [0.15, 0.2) is 30.7 Å². The molecule has 1 aliphatic heterocycles. The Kier molecular flexibility index (Phi) is 9.25. The third-order valence-electron chi connectivity index (χ3n) is 6.61. The minimum Gasteiger partial charge on any atom is -0.480 e. The van der Waals surface area contributed by atoms with Crippen LogP contribution in [0.3, 0.4) is 0 Å². The van der Waals surface area contributed by atoms with E-state index in [0.717, 1.165) is 62.1 Å².